The Hall–Kier alpha value is -3.35. The van der Waals surface area contributed by atoms with Gasteiger partial charge in [-0.25, -0.2) is 4.98 Å². The zero-order valence-corrected chi connectivity index (χ0v) is 19.5. The van der Waals surface area contributed by atoms with E-state index in [0.717, 1.165) is 41.6 Å². The van der Waals surface area contributed by atoms with Crippen LogP contribution in [0.1, 0.15) is 51.6 Å². The van der Waals surface area contributed by atoms with Crippen LogP contribution in [-0.2, 0) is 14.3 Å². The highest BCUT2D eigenvalue weighted by Crippen LogP contribution is 2.41. The van der Waals surface area contributed by atoms with Crippen molar-refractivity contribution in [3.8, 4) is 5.75 Å². The first-order valence-corrected chi connectivity index (χ1v) is 11.8. The van der Waals surface area contributed by atoms with E-state index in [9.17, 15) is 9.59 Å². The van der Waals surface area contributed by atoms with E-state index in [0.29, 0.717) is 19.1 Å². The highest BCUT2D eigenvalue weighted by Gasteiger charge is 2.47. The normalized spacial score (nSPS) is 17.8. The molecule has 1 amide bonds. The molecule has 0 aliphatic carbocycles. The van der Waals surface area contributed by atoms with Gasteiger partial charge in [0.2, 0.25) is 11.9 Å². The first-order chi connectivity index (χ1) is 16.1. The van der Waals surface area contributed by atoms with Crippen LogP contribution in [0, 0.1) is 5.92 Å². The topological polar surface area (TPSA) is 73.7 Å². The number of amides is 1. The van der Waals surface area contributed by atoms with Crippen molar-refractivity contribution in [1.29, 1.82) is 0 Å². The van der Waals surface area contributed by atoms with Crippen molar-refractivity contribution < 1.29 is 19.1 Å². The van der Waals surface area contributed by atoms with Crippen LogP contribution in [0.5, 0.6) is 5.75 Å². The molecular weight excluding hydrogens is 418 g/mol. The number of carbonyl (C=O) groups excluding carboxylic acids is 2. The predicted molar refractivity (Wildman–Crippen MR) is 127 cm³/mol. The number of esters is 1. The molecule has 0 saturated carbocycles. The lowest BCUT2D eigenvalue weighted by molar-refractivity contribution is -0.153. The van der Waals surface area contributed by atoms with Crippen molar-refractivity contribution in [2.75, 3.05) is 24.7 Å². The van der Waals surface area contributed by atoms with Gasteiger partial charge in [-0.3, -0.25) is 14.5 Å². The Morgan fingerprint density at radius 1 is 1.03 bits per heavy atom. The Morgan fingerprint density at radius 3 is 2.48 bits per heavy atom. The molecule has 0 radical (unpaired) electrons. The van der Waals surface area contributed by atoms with Crippen molar-refractivity contribution in [3.63, 3.8) is 0 Å². The van der Waals surface area contributed by atoms with Crippen LogP contribution in [0.3, 0.4) is 0 Å². The van der Waals surface area contributed by atoms with Crippen LogP contribution in [-0.4, -0.2) is 41.2 Å². The Labute approximate surface area is 194 Å². The monoisotopic (exact) mass is 449 g/mol. The van der Waals surface area contributed by atoms with Gasteiger partial charge in [0.1, 0.15) is 5.75 Å². The van der Waals surface area contributed by atoms with Gasteiger partial charge in [-0.1, -0.05) is 44.5 Å². The van der Waals surface area contributed by atoms with E-state index in [1.165, 1.54) is 0 Å². The number of anilines is 1. The maximum Gasteiger partial charge on any atom is 0.321 e. The summed E-state index contributed by atoms with van der Waals surface area (Å²) in [7, 11) is 0. The van der Waals surface area contributed by atoms with Crippen LogP contribution in [0.2, 0.25) is 0 Å². The molecule has 0 spiro atoms. The number of carbonyl (C=O) groups is 2. The van der Waals surface area contributed by atoms with Crippen LogP contribution < -0.4 is 9.64 Å². The van der Waals surface area contributed by atoms with Crippen LogP contribution >= 0.6 is 0 Å². The molecule has 0 unspecified atom stereocenters. The number of rotatable bonds is 9. The van der Waals surface area contributed by atoms with E-state index in [1.54, 1.807) is 11.8 Å². The summed E-state index contributed by atoms with van der Waals surface area (Å²) in [5.74, 6) is -0.429. The van der Waals surface area contributed by atoms with Gasteiger partial charge in [-0.15, -0.1) is 0 Å². The predicted octanol–water partition coefficient (Wildman–Crippen LogP) is 4.74. The lowest BCUT2D eigenvalue weighted by Gasteiger charge is -2.38. The summed E-state index contributed by atoms with van der Waals surface area (Å²) in [4.78, 5) is 33.3. The second kappa shape index (κ2) is 10.1. The first-order valence-electron chi connectivity index (χ1n) is 11.8. The van der Waals surface area contributed by atoms with Crippen LogP contribution in [0.25, 0.3) is 11.0 Å². The molecule has 174 valence electrons. The molecular formula is C26H31N3O4. The van der Waals surface area contributed by atoms with Gasteiger partial charge in [-0.05, 0) is 49.6 Å². The van der Waals surface area contributed by atoms with Gasteiger partial charge in [0.15, 0.2) is 5.92 Å². The SMILES string of the molecule is CCCCN1C(=O)[C@H](C(=O)OCC)[C@@H](c2ccc(OCCC)cc2)n2c1nc1ccccc12. The molecule has 7 nitrogen and oxygen atoms in total. The number of imidazole rings is 1. The molecule has 2 aromatic carbocycles. The molecule has 0 fully saturated rings. The Kier molecular flexibility index (Phi) is 6.96. The van der Waals surface area contributed by atoms with Crippen molar-refractivity contribution in [2.24, 2.45) is 5.92 Å². The average molecular weight is 450 g/mol. The van der Waals surface area contributed by atoms with Crippen molar-refractivity contribution in [1.82, 2.24) is 9.55 Å². The smallest absolute Gasteiger partial charge is 0.321 e. The highest BCUT2D eigenvalue weighted by atomic mass is 16.5. The lowest BCUT2D eigenvalue weighted by Crippen LogP contribution is -2.50. The summed E-state index contributed by atoms with van der Waals surface area (Å²) in [5.41, 5.74) is 2.51. The summed E-state index contributed by atoms with van der Waals surface area (Å²) in [6.45, 7) is 7.24. The number of nitrogens with zero attached hydrogens (tertiary/aromatic N) is 3. The second-order valence-corrected chi connectivity index (χ2v) is 8.21. The van der Waals surface area contributed by atoms with Gasteiger partial charge < -0.3 is 14.0 Å². The standard InChI is InChI=1S/C26H31N3O4/c1-4-7-16-28-24(30)22(25(31)32-6-3)23(18-12-14-19(15-13-18)33-17-5-2)29-21-11-9-8-10-20(21)27-26(28)29/h8-15,22-23H,4-7,16-17H2,1-3H3/t22-,23-/m1/s1. The Balaban J connectivity index is 1.88. The van der Waals surface area contributed by atoms with Gasteiger partial charge in [0.05, 0.1) is 30.3 Å². The summed E-state index contributed by atoms with van der Waals surface area (Å²) < 4.78 is 13.1. The molecule has 2 atom stereocenters. The summed E-state index contributed by atoms with van der Waals surface area (Å²) in [6.07, 6.45) is 2.66. The molecule has 4 rings (SSSR count). The third kappa shape index (κ3) is 4.32. The quantitative estimate of drug-likeness (QED) is 0.348. The van der Waals surface area contributed by atoms with Crippen LogP contribution in [0.4, 0.5) is 5.95 Å². The van der Waals surface area contributed by atoms with Gasteiger partial charge in [-0.2, -0.15) is 0 Å². The van der Waals surface area contributed by atoms with Crippen molar-refractivity contribution in [2.45, 2.75) is 46.1 Å². The molecule has 7 heteroatoms. The van der Waals surface area contributed by atoms with Gasteiger partial charge in [0, 0.05) is 6.54 Å². The number of hydrogen-bond acceptors (Lipinski definition) is 5. The molecule has 0 bridgehead atoms. The fourth-order valence-corrected chi connectivity index (χ4v) is 4.36. The zero-order valence-electron chi connectivity index (χ0n) is 19.5. The second-order valence-electron chi connectivity index (χ2n) is 8.21. The lowest BCUT2D eigenvalue weighted by atomic mass is 9.89. The third-order valence-corrected chi connectivity index (χ3v) is 5.91. The van der Waals surface area contributed by atoms with Crippen molar-refractivity contribution >= 4 is 28.9 Å². The van der Waals surface area contributed by atoms with Gasteiger partial charge in [0.25, 0.3) is 0 Å². The summed E-state index contributed by atoms with van der Waals surface area (Å²) >= 11 is 0. The number of ether oxygens (including phenoxy) is 2. The Bertz CT molecular complexity index is 1120. The van der Waals surface area contributed by atoms with E-state index in [1.807, 2.05) is 53.1 Å². The Morgan fingerprint density at radius 2 is 1.79 bits per heavy atom. The molecule has 0 N–H and O–H groups in total. The minimum absolute atomic E-state index is 0.214. The number of hydrogen-bond donors (Lipinski definition) is 0. The minimum atomic E-state index is -0.991. The molecule has 2 heterocycles. The summed E-state index contributed by atoms with van der Waals surface area (Å²) in [6, 6.07) is 14.9. The largest absolute Gasteiger partial charge is 0.494 e. The maximum absolute atomic E-state index is 13.7. The molecule has 1 aliphatic heterocycles. The number of para-hydroxylation sites is 2. The fraction of sp³-hybridized carbons (Fsp3) is 0.423. The highest BCUT2D eigenvalue weighted by molar-refractivity contribution is 6.08. The third-order valence-electron chi connectivity index (χ3n) is 5.91. The van der Waals surface area contributed by atoms with E-state index in [2.05, 4.69) is 13.8 Å². The van der Waals surface area contributed by atoms with Gasteiger partial charge >= 0.3 is 5.97 Å². The first kappa shape index (κ1) is 22.8. The molecule has 1 aliphatic rings. The summed E-state index contributed by atoms with van der Waals surface area (Å²) in [5, 5.41) is 0. The fourth-order valence-electron chi connectivity index (χ4n) is 4.36. The molecule has 33 heavy (non-hydrogen) atoms. The number of aromatic nitrogens is 2. The zero-order chi connectivity index (χ0) is 23.4. The number of fused-ring (bicyclic) bond motifs is 3. The van der Waals surface area contributed by atoms with Crippen molar-refractivity contribution in [3.05, 3.63) is 54.1 Å². The van der Waals surface area contributed by atoms with E-state index in [4.69, 9.17) is 14.5 Å². The maximum atomic E-state index is 13.7. The van der Waals surface area contributed by atoms with Crippen LogP contribution in [0.15, 0.2) is 48.5 Å². The minimum Gasteiger partial charge on any atom is -0.494 e. The van der Waals surface area contributed by atoms with E-state index in [-0.39, 0.29) is 12.5 Å². The molecule has 0 saturated heterocycles. The van der Waals surface area contributed by atoms with E-state index >= 15 is 0 Å². The average Bonchev–Trinajstić information content (AvgIpc) is 3.21. The number of unbranched alkanes of at least 4 members (excludes halogenated alkanes) is 1. The number of benzene rings is 2. The molecule has 3 aromatic rings. The van der Waals surface area contributed by atoms with E-state index < -0.39 is 17.9 Å². The molecule has 1 aromatic heterocycles.